The molecule has 3 unspecified atom stereocenters. The first-order chi connectivity index (χ1) is 19.9. The smallest absolute Gasteiger partial charge is 0.271 e. The number of unbranched alkanes of at least 4 members (excludes halogenated alkanes) is 1. The third-order valence-electron chi connectivity index (χ3n) is 7.19. The molecular weight excluding hydrogens is 534 g/mol. The van der Waals surface area contributed by atoms with Gasteiger partial charge in [0.25, 0.3) is 5.91 Å². The Labute approximate surface area is 249 Å². The number of aromatic nitrogens is 1. The number of rotatable bonds is 15. The van der Waals surface area contributed by atoms with E-state index in [9.17, 15) is 4.79 Å². The monoisotopic (exact) mass is 579 g/mol. The van der Waals surface area contributed by atoms with Crippen molar-refractivity contribution in [1.29, 1.82) is 0 Å². The van der Waals surface area contributed by atoms with Crippen molar-refractivity contribution in [2.75, 3.05) is 37.4 Å². The number of likely N-dealkylation sites (N-methyl/N-ethyl adjacent to an activating group) is 1. The highest BCUT2D eigenvalue weighted by Crippen LogP contribution is 2.51. The number of pyridine rings is 1. The van der Waals surface area contributed by atoms with Crippen LogP contribution in [0.25, 0.3) is 0 Å². The van der Waals surface area contributed by atoms with Gasteiger partial charge in [0, 0.05) is 44.0 Å². The zero-order chi connectivity index (χ0) is 29.2. The van der Waals surface area contributed by atoms with Gasteiger partial charge in [-0.2, -0.15) is 0 Å². The van der Waals surface area contributed by atoms with Gasteiger partial charge in [0.2, 0.25) is 0 Å². The molecule has 222 valence electrons. The van der Waals surface area contributed by atoms with Gasteiger partial charge in [-0.15, -0.1) is 0 Å². The summed E-state index contributed by atoms with van der Waals surface area (Å²) in [4.78, 5) is 25.3. The number of hydrogen-bond acceptors (Lipinski definition) is 9. The maximum Gasteiger partial charge on any atom is 0.271 e. The first kappa shape index (κ1) is 31.0. The highest BCUT2D eigenvalue weighted by atomic mass is 32.2. The lowest BCUT2D eigenvalue weighted by molar-refractivity contribution is -0.113. The Morgan fingerprint density at radius 2 is 2.05 bits per heavy atom. The summed E-state index contributed by atoms with van der Waals surface area (Å²) < 4.78 is 6.02. The van der Waals surface area contributed by atoms with Crippen LogP contribution in [-0.2, 0) is 16.1 Å². The number of ether oxygens (including phenoxy) is 1. The predicted octanol–water partition coefficient (Wildman–Crippen LogP) is 5.18. The molecule has 2 aromatic rings. The molecule has 3 atom stereocenters. The molecule has 4 rings (SSSR count). The minimum atomic E-state index is -0.243. The molecule has 0 saturated carbocycles. The Bertz CT molecular complexity index is 1230. The van der Waals surface area contributed by atoms with E-state index in [0.29, 0.717) is 12.3 Å². The lowest BCUT2D eigenvalue weighted by Crippen LogP contribution is -2.41. The van der Waals surface area contributed by atoms with Crippen LogP contribution in [0, 0.1) is 0 Å². The van der Waals surface area contributed by atoms with Crippen LogP contribution in [-0.4, -0.2) is 56.2 Å². The van der Waals surface area contributed by atoms with Crippen molar-refractivity contribution in [3.05, 3.63) is 59.4 Å². The SMILES string of the molecule is CCCCC1=NC(NCCNC)C=C(C(=O)Nc2ccccc2C2Sc3ncc(COC(C)CCC)cc3N2C)N1. The molecule has 0 radical (unpaired) electrons. The topological polar surface area (TPSA) is 103 Å². The summed E-state index contributed by atoms with van der Waals surface area (Å²) in [6.07, 6.45) is 8.80. The number of fused-ring (bicyclic) bond motifs is 1. The fourth-order valence-corrected chi connectivity index (χ4v) is 6.13. The van der Waals surface area contributed by atoms with Crippen LogP contribution in [0.4, 0.5) is 11.4 Å². The van der Waals surface area contributed by atoms with Crippen LogP contribution in [0.15, 0.2) is 58.3 Å². The third kappa shape index (κ3) is 8.31. The number of nitrogens with zero attached hydrogens (tertiary/aromatic N) is 3. The highest BCUT2D eigenvalue weighted by molar-refractivity contribution is 8.00. The van der Waals surface area contributed by atoms with Crippen molar-refractivity contribution in [1.82, 2.24) is 20.9 Å². The quantitative estimate of drug-likeness (QED) is 0.214. The van der Waals surface area contributed by atoms with Crippen LogP contribution >= 0.6 is 11.8 Å². The van der Waals surface area contributed by atoms with Gasteiger partial charge in [-0.1, -0.05) is 56.7 Å². The lowest BCUT2D eigenvalue weighted by atomic mass is 10.1. The summed E-state index contributed by atoms with van der Waals surface area (Å²) in [5.41, 5.74) is 4.47. The summed E-state index contributed by atoms with van der Waals surface area (Å²) in [5.74, 6) is 0.662. The number of thioether (sulfide) groups is 1. The number of anilines is 2. The van der Waals surface area contributed by atoms with E-state index in [4.69, 9.17) is 14.7 Å². The number of carbonyl (C=O) groups is 1. The van der Waals surface area contributed by atoms with E-state index in [0.717, 1.165) is 78.6 Å². The molecule has 41 heavy (non-hydrogen) atoms. The zero-order valence-corrected chi connectivity index (χ0v) is 25.8. The van der Waals surface area contributed by atoms with E-state index in [1.54, 1.807) is 11.8 Å². The molecule has 2 aliphatic rings. The minimum absolute atomic E-state index is 0.0184. The van der Waals surface area contributed by atoms with E-state index in [2.05, 4.69) is 66.1 Å². The molecule has 1 amide bonds. The molecular formula is C31H45N7O2S. The number of amidine groups is 1. The molecule has 2 aliphatic heterocycles. The second kappa shape index (κ2) is 15.3. The van der Waals surface area contributed by atoms with E-state index in [1.165, 1.54) is 0 Å². The van der Waals surface area contributed by atoms with Crippen molar-refractivity contribution >= 4 is 34.9 Å². The molecule has 0 aliphatic carbocycles. The van der Waals surface area contributed by atoms with Crippen LogP contribution in [0.1, 0.15) is 69.4 Å². The van der Waals surface area contributed by atoms with Crippen LogP contribution in [0.5, 0.6) is 0 Å². The second-order valence-electron chi connectivity index (χ2n) is 10.6. The van der Waals surface area contributed by atoms with Gasteiger partial charge < -0.3 is 25.6 Å². The maximum atomic E-state index is 13.6. The molecule has 0 fully saturated rings. The Balaban J connectivity index is 1.47. The number of carbonyl (C=O) groups excluding carboxylic acids is 1. The average Bonchev–Trinajstić information content (AvgIpc) is 3.30. The Kier molecular flexibility index (Phi) is 11.6. The van der Waals surface area contributed by atoms with Gasteiger partial charge in [0.15, 0.2) is 0 Å². The van der Waals surface area contributed by atoms with Gasteiger partial charge in [-0.25, -0.2) is 9.98 Å². The molecule has 10 heteroatoms. The van der Waals surface area contributed by atoms with Crippen molar-refractivity contribution in [2.45, 2.75) is 82.2 Å². The summed E-state index contributed by atoms with van der Waals surface area (Å²) >= 11 is 1.69. The number of benzene rings is 1. The molecule has 4 N–H and O–H groups in total. The number of para-hydroxylation sites is 1. The summed E-state index contributed by atoms with van der Waals surface area (Å²) in [6.45, 7) is 8.57. The number of nitrogens with one attached hydrogen (secondary N) is 4. The van der Waals surface area contributed by atoms with Gasteiger partial charge in [-0.3, -0.25) is 10.1 Å². The second-order valence-corrected chi connectivity index (χ2v) is 11.7. The molecule has 1 aromatic heterocycles. The van der Waals surface area contributed by atoms with Crippen molar-refractivity contribution < 1.29 is 9.53 Å². The zero-order valence-electron chi connectivity index (χ0n) is 25.0. The van der Waals surface area contributed by atoms with Crippen LogP contribution in [0.2, 0.25) is 0 Å². The average molecular weight is 580 g/mol. The highest BCUT2D eigenvalue weighted by Gasteiger charge is 2.32. The van der Waals surface area contributed by atoms with Crippen LogP contribution < -0.4 is 26.2 Å². The minimum Gasteiger partial charge on any atom is -0.374 e. The molecule has 9 nitrogen and oxygen atoms in total. The molecule has 0 spiro atoms. The van der Waals surface area contributed by atoms with E-state index >= 15 is 0 Å². The molecule has 0 bridgehead atoms. The molecule has 1 aromatic carbocycles. The number of amides is 1. The number of aliphatic imine (C=N–C) groups is 1. The molecule has 0 saturated heterocycles. The summed E-state index contributed by atoms with van der Waals surface area (Å²) in [5, 5.41) is 14.0. The summed E-state index contributed by atoms with van der Waals surface area (Å²) in [7, 11) is 4.00. The Morgan fingerprint density at radius 3 is 2.83 bits per heavy atom. The van der Waals surface area contributed by atoms with Gasteiger partial charge >= 0.3 is 0 Å². The van der Waals surface area contributed by atoms with Gasteiger partial charge in [0.1, 0.15) is 28.1 Å². The third-order valence-corrected chi connectivity index (χ3v) is 8.52. The van der Waals surface area contributed by atoms with Crippen molar-refractivity contribution in [3.8, 4) is 0 Å². The first-order valence-corrected chi connectivity index (χ1v) is 15.6. The fourth-order valence-electron chi connectivity index (χ4n) is 4.88. The first-order valence-electron chi connectivity index (χ1n) is 14.8. The fraction of sp³-hybridized carbons (Fsp3) is 0.516. The standard InChI is InChI=1S/C31H45N7O2S/c1-6-8-14-27-35-25(18-28(37-27)33-16-15-32-4)29(39)36-24-13-10-9-12-23(24)31-38(5)26-17-22(19-34-30(26)41-31)20-40-21(3)11-7-2/h9-10,12-13,17-19,21,28,31-33H,6-8,11,14-16,20H2,1-5H3,(H,35,37)(H,36,39). The Morgan fingerprint density at radius 1 is 1.22 bits per heavy atom. The van der Waals surface area contributed by atoms with Crippen molar-refractivity contribution in [3.63, 3.8) is 0 Å². The lowest BCUT2D eigenvalue weighted by Gasteiger charge is -2.25. The Hall–Kier alpha value is -2.92. The van der Waals surface area contributed by atoms with Crippen molar-refractivity contribution in [2.24, 2.45) is 4.99 Å². The van der Waals surface area contributed by atoms with E-state index in [1.807, 2.05) is 37.5 Å². The normalized spacial score (nSPS) is 18.8. The summed E-state index contributed by atoms with van der Waals surface area (Å²) in [6, 6.07) is 10.2. The van der Waals surface area contributed by atoms with E-state index < -0.39 is 0 Å². The van der Waals surface area contributed by atoms with Crippen LogP contribution in [0.3, 0.4) is 0 Å². The predicted molar refractivity (Wildman–Crippen MR) is 169 cm³/mol. The largest absolute Gasteiger partial charge is 0.374 e. The molecule has 3 heterocycles. The van der Waals surface area contributed by atoms with E-state index in [-0.39, 0.29) is 23.6 Å². The number of hydrogen-bond donors (Lipinski definition) is 4. The maximum absolute atomic E-state index is 13.6. The van der Waals surface area contributed by atoms with Gasteiger partial charge in [0.05, 0.1) is 18.4 Å². The van der Waals surface area contributed by atoms with Gasteiger partial charge in [-0.05, 0) is 50.6 Å².